The van der Waals surface area contributed by atoms with Crippen LogP contribution in [0.3, 0.4) is 0 Å². The molecule has 32 heavy (non-hydrogen) atoms. The Morgan fingerprint density at radius 3 is 2.41 bits per heavy atom. The van der Waals surface area contributed by atoms with Crippen molar-refractivity contribution in [3.8, 4) is 5.75 Å². The lowest BCUT2D eigenvalue weighted by Gasteiger charge is -2.28. The number of nitro groups is 2. The molecule has 1 amide bonds. The van der Waals surface area contributed by atoms with Crippen LogP contribution in [0.25, 0.3) is 0 Å². The maximum absolute atomic E-state index is 12.6. The second kappa shape index (κ2) is 9.98. The number of benzene rings is 2. The molecule has 2 aromatic carbocycles. The largest absolute Gasteiger partial charge is 0.496 e. The predicted octanol–water partition coefficient (Wildman–Crippen LogP) is 2.48. The predicted molar refractivity (Wildman–Crippen MR) is 119 cm³/mol. The number of anilines is 2. The standard InChI is InChI=1S/C19H19N5O7S/c1-30-13-3-4-14(16(11-13)23(26)27)20-19(32)21-18(25)12-2-5-15(17(10-12)24(28)29)22-6-8-31-9-7-22/h2-5,10-11H,6-9H2,1H3,(H2,20,21,25,32). The third-order valence-electron chi connectivity index (χ3n) is 4.66. The summed E-state index contributed by atoms with van der Waals surface area (Å²) in [6.45, 7) is 1.91. The number of ether oxygens (including phenoxy) is 2. The van der Waals surface area contributed by atoms with Gasteiger partial charge in [-0.3, -0.25) is 30.3 Å². The molecule has 0 atom stereocenters. The summed E-state index contributed by atoms with van der Waals surface area (Å²) in [6.07, 6.45) is 0. The van der Waals surface area contributed by atoms with Crippen LogP contribution in [0.15, 0.2) is 36.4 Å². The van der Waals surface area contributed by atoms with Gasteiger partial charge >= 0.3 is 0 Å². The van der Waals surface area contributed by atoms with Gasteiger partial charge in [0.15, 0.2) is 5.11 Å². The van der Waals surface area contributed by atoms with Gasteiger partial charge in [-0.25, -0.2) is 0 Å². The number of nitro benzene ring substituents is 2. The SMILES string of the molecule is COc1ccc(NC(=S)NC(=O)c2ccc(N3CCOCC3)c([N+](=O)[O-])c2)c([N+](=O)[O-])c1. The van der Waals surface area contributed by atoms with E-state index in [9.17, 15) is 25.0 Å². The highest BCUT2D eigenvalue weighted by Crippen LogP contribution is 2.30. The van der Waals surface area contributed by atoms with E-state index >= 15 is 0 Å². The van der Waals surface area contributed by atoms with E-state index in [1.807, 2.05) is 4.90 Å². The summed E-state index contributed by atoms with van der Waals surface area (Å²) >= 11 is 5.08. The van der Waals surface area contributed by atoms with Crippen molar-refractivity contribution in [2.24, 2.45) is 0 Å². The van der Waals surface area contributed by atoms with Crippen molar-refractivity contribution < 1.29 is 24.1 Å². The number of hydrogen-bond acceptors (Lipinski definition) is 9. The van der Waals surface area contributed by atoms with Gasteiger partial charge in [0.1, 0.15) is 17.1 Å². The zero-order valence-corrected chi connectivity index (χ0v) is 17.7. The fourth-order valence-corrected chi connectivity index (χ4v) is 3.31. The molecule has 0 aromatic heterocycles. The minimum atomic E-state index is -0.699. The lowest BCUT2D eigenvalue weighted by molar-refractivity contribution is -0.384. The summed E-state index contributed by atoms with van der Waals surface area (Å²) in [5.41, 5.74) is -0.0584. The number of nitrogens with one attached hydrogen (secondary N) is 2. The molecule has 0 unspecified atom stereocenters. The van der Waals surface area contributed by atoms with E-state index in [2.05, 4.69) is 10.6 Å². The Bertz CT molecular complexity index is 1070. The minimum absolute atomic E-state index is 0.0158. The quantitative estimate of drug-likeness (QED) is 0.373. The Kier molecular flexibility index (Phi) is 7.12. The van der Waals surface area contributed by atoms with Crippen molar-refractivity contribution in [2.45, 2.75) is 0 Å². The van der Waals surface area contributed by atoms with E-state index in [0.29, 0.717) is 32.0 Å². The van der Waals surface area contributed by atoms with Crippen LogP contribution in [-0.4, -0.2) is 54.3 Å². The molecule has 0 radical (unpaired) electrons. The summed E-state index contributed by atoms with van der Waals surface area (Å²) < 4.78 is 10.2. The first kappa shape index (κ1) is 22.8. The summed E-state index contributed by atoms with van der Waals surface area (Å²) in [7, 11) is 1.38. The topological polar surface area (TPSA) is 149 Å². The fraction of sp³-hybridized carbons (Fsp3) is 0.263. The highest BCUT2D eigenvalue weighted by atomic mass is 32.1. The van der Waals surface area contributed by atoms with E-state index < -0.39 is 15.8 Å². The van der Waals surface area contributed by atoms with Gasteiger partial charge in [0.05, 0.1) is 36.2 Å². The van der Waals surface area contributed by atoms with Crippen LogP contribution in [0.5, 0.6) is 5.75 Å². The van der Waals surface area contributed by atoms with Crippen molar-refractivity contribution in [3.63, 3.8) is 0 Å². The minimum Gasteiger partial charge on any atom is -0.496 e. The van der Waals surface area contributed by atoms with Crippen LogP contribution in [-0.2, 0) is 4.74 Å². The second-order valence-corrected chi connectivity index (χ2v) is 7.02. The number of morpholine rings is 1. The van der Waals surface area contributed by atoms with E-state index in [0.717, 1.165) is 0 Å². The summed E-state index contributed by atoms with van der Waals surface area (Å²) in [6, 6.07) is 8.21. The van der Waals surface area contributed by atoms with Crippen LogP contribution in [0, 0.1) is 20.2 Å². The lowest BCUT2D eigenvalue weighted by atomic mass is 10.1. The molecule has 168 valence electrons. The van der Waals surface area contributed by atoms with E-state index in [1.54, 1.807) is 0 Å². The molecule has 0 saturated carbocycles. The number of thiocarbonyl (C=S) groups is 1. The molecule has 2 aromatic rings. The van der Waals surface area contributed by atoms with Crippen LogP contribution in [0.1, 0.15) is 10.4 Å². The molecule has 1 saturated heterocycles. The van der Waals surface area contributed by atoms with Gasteiger partial charge < -0.3 is 19.7 Å². The molecule has 1 fully saturated rings. The maximum atomic E-state index is 12.6. The third-order valence-corrected chi connectivity index (χ3v) is 4.87. The molecule has 12 nitrogen and oxygen atoms in total. The van der Waals surface area contributed by atoms with Crippen molar-refractivity contribution in [1.29, 1.82) is 0 Å². The summed E-state index contributed by atoms with van der Waals surface area (Å²) in [5, 5.41) is 27.6. The number of carbonyl (C=O) groups is 1. The van der Waals surface area contributed by atoms with Gasteiger partial charge in [-0.05, 0) is 36.5 Å². The Morgan fingerprint density at radius 1 is 1.09 bits per heavy atom. The third kappa shape index (κ3) is 5.25. The molecule has 0 aliphatic carbocycles. The van der Waals surface area contributed by atoms with Crippen molar-refractivity contribution >= 4 is 46.0 Å². The number of amides is 1. The molecule has 1 heterocycles. The number of hydrogen-bond donors (Lipinski definition) is 2. The van der Waals surface area contributed by atoms with Crippen molar-refractivity contribution in [2.75, 3.05) is 43.6 Å². The zero-order valence-electron chi connectivity index (χ0n) is 16.9. The lowest BCUT2D eigenvalue weighted by Crippen LogP contribution is -2.37. The van der Waals surface area contributed by atoms with E-state index in [4.69, 9.17) is 21.7 Å². The number of carbonyl (C=O) groups excluding carboxylic acids is 1. The van der Waals surface area contributed by atoms with E-state index in [-0.39, 0.29) is 33.5 Å². The van der Waals surface area contributed by atoms with Gasteiger partial charge in [-0.1, -0.05) is 0 Å². The van der Waals surface area contributed by atoms with E-state index in [1.165, 1.54) is 43.5 Å². The Hall–Kier alpha value is -3.84. The Balaban J connectivity index is 1.75. The van der Waals surface area contributed by atoms with Gasteiger partial charge in [-0.15, -0.1) is 0 Å². The van der Waals surface area contributed by atoms with Gasteiger partial charge in [0.25, 0.3) is 17.3 Å². The number of rotatable bonds is 6. The molecule has 0 bridgehead atoms. The number of methoxy groups -OCH3 is 1. The first-order valence-electron chi connectivity index (χ1n) is 9.36. The Morgan fingerprint density at radius 2 is 1.78 bits per heavy atom. The van der Waals surface area contributed by atoms with Gasteiger partial charge in [-0.2, -0.15) is 0 Å². The fourth-order valence-electron chi connectivity index (χ4n) is 3.11. The van der Waals surface area contributed by atoms with Gasteiger partial charge in [0.2, 0.25) is 0 Å². The smallest absolute Gasteiger partial charge is 0.296 e. The average molecular weight is 461 g/mol. The number of nitrogens with zero attached hydrogens (tertiary/aromatic N) is 3. The molecule has 13 heteroatoms. The Labute approximate surface area is 187 Å². The molecular weight excluding hydrogens is 442 g/mol. The van der Waals surface area contributed by atoms with Crippen LogP contribution >= 0.6 is 12.2 Å². The van der Waals surface area contributed by atoms with Crippen LogP contribution in [0.2, 0.25) is 0 Å². The first-order chi connectivity index (χ1) is 15.3. The maximum Gasteiger partial charge on any atom is 0.296 e. The van der Waals surface area contributed by atoms with Crippen LogP contribution in [0.4, 0.5) is 22.7 Å². The molecular formula is C19H19N5O7S. The van der Waals surface area contributed by atoms with Crippen molar-refractivity contribution in [3.05, 3.63) is 62.2 Å². The molecule has 2 N–H and O–H groups in total. The average Bonchev–Trinajstić information content (AvgIpc) is 2.79. The van der Waals surface area contributed by atoms with Gasteiger partial charge in [0, 0.05) is 24.7 Å². The van der Waals surface area contributed by atoms with Crippen molar-refractivity contribution in [1.82, 2.24) is 5.32 Å². The first-order valence-corrected chi connectivity index (χ1v) is 9.77. The van der Waals surface area contributed by atoms with Crippen LogP contribution < -0.4 is 20.3 Å². The normalized spacial score (nSPS) is 13.2. The summed E-state index contributed by atoms with van der Waals surface area (Å²) in [4.78, 5) is 36.1. The molecule has 0 spiro atoms. The molecule has 1 aliphatic rings. The summed E-state index contributed by atoms with van der Waals surface area (Å²) in [5.74, 6) is -0.417. The highest BCUT2D eigenvalue weighted by molar-refractivity contribution is 7.80. The molecule has 1 aliphatic heterocycles. The zero-order chi connectivity index (χ0) is 23.3. The second-order valence-electron chi connectivity index (χ2n) is 6.61. The monoisotopic (exact) mass is 461 g/mol. The molecule has 3 rings (SSSR count). The highest BCUT2D eigenvalue weighted by Gasteiger charge is 2.24.